The predicted octanol–water partition coefficient (Wildman–Crippen LogP) is 1.53. The topological polar surface area (TPSA) is 57.6 Å². The third-order valence-corrected chi connectivity index (χ3v) is 4.82. The van der Waals surface area contributed by atoms with Gasteiger partial charge in [-0.3, -0.25) is 0 Å². The lowest BCUT2D eigenvalue weighted by atomic mass is 10.1. The van der Waals surface area contributed by atoms with E-state index in [2.05, 4.69) is 0 Å². The van der Waals surface area contributed by atoms with Gasteiger partial charge in [-0.05, 0) is 30.9 Å². The Balaban J connectivity index is 2.64. The van der Waals surface area contributed by atoms with Crippen LogP contribution in [0.5, 0.6) is 0 Å². The first-order valence-electron chi connectivity index (χ1n) is 6.07. The molecule has 0 aliphatic carbocycles. The molecule has 0 fully saturated rings. The van der Waals surface area contributed by atoms with Gasteiger partial charge in [0, 0.05) is 20.2 Å². The molecular weight excluding hydrogens is 250 g/mol. The molecule has 0 bridgehead atoms. The van der Waals surface area contributed by atoms with E-state index in [-0.39, 0.29) is 12.4 Å². The molecule has 1 aromatic rings. The molecule has 0 aromatic heterocycles. The number of sulfonamides is 1. The van der Waals surface area contributed by atoms with Crippen LogP contribution in [0.4, 0.5) is 0 Å². The molecular formula is C13H21NO3S. The lowest BCUT2D eigenvalue weighted by Gasteiger charge is -2.18. The Morgan fingerprint density at radius 2 is 1.89 bits per heavy atom. The second kappa shape index (κ2) is 6.87. The highest BCUT2D eigenvalue weighted by atomic mass is 32.2. The molecule has 0 spiro atoms. The minimum atomic E-state index is -3.23. The third-order valence-electron chi connectivity index (χ3n) is 2.94. The second-order valence-corrected chi connectivity index (χ2v) is 6.62. The molecule has 1 rings (SSSR count). The van der Waals surface area contributed by atoms with Gasteiger partial charge >= 0.3 is 0 Å². The van der Waals surface area contributed by atoms with E-state index in [1.807, 2.05) is 31.2 Å². The summed E-state index contributed by atoms with van der Waals surface area (Å²) in [6.07, 6.45) is 1.02. The van der Waals surface area contributed by atoms with Crippen molar-refractivity contribution in [3.63, 3.8) is 0 Å². The Kier molecular flexibility index (Phi) is 5.78. The summed E-state index contributed by atoms with van der Waals surface area (Å²) in [5.74, 6) is 0.0932. The molecule has 1 aromatic carbocycles. The summed E-state index contributed by atoms with van der Waals surface area (Å²) in [6.45, 7) is 2.41. The summed E-state index contributed by atoms with van der Waals surface area (Å²) in [5, 5.41) is 8.66. The lowest BCUT2D eigenvalue weighted by molar-refractivity contribution is 0.287. The Bertz CT molecular complexity index is 471. The van der Waals surface area contributed by atoms with Crippen molar-refractivity contribution in [2.24, 2.45) is 0 Å². The van der Waals surface area contributed by atoms with E-state index in [1.165, 1.54) is 4.31 Å². The number of aliphatic hydroxyl groups excluding tert-OH is 1. The number of rotatable bonds is 7. The van der Waals surface area contributed by atoms with Gasteiger partial charge in [-0.15, -0.1) is 0 Å². The molecule has 5 heteroatoms. The Hall–Kier alpha value is -0.910. The zero-order valence-electron chi connectivity index (χ0n) is 11.0. The van der Waals surface area contributed by atoms with Crippen LogP contribution in [0.2, 0.25) is 0 Å². The Morgan fingerprint density at radius 1 is 1.22 bits per heavy atom. The van der Waals surface area contributed by atoms with Crippen molar-refractivity contribution in [1.29, 1.82) is 0 Å². The summed E-state index contributed by atoms with van der Waals surface area (Å²) in [6, 6.07) is 7.76. The number of aryl methyl sites for hydroxylation is 1. The van der Waals surface area contributed by atoms with Gasteiger partial charge in [-0.25, -0.2) is 12.7 Å². The zero-order valence-corrected chi connectivity index (χ0v) is 11.8. The Labute approximate surface area is 109 Å². The largest absolute Gasteiger partial charge is 0.396 e. The van der Waals surface area contributed by atoms with Crippen molar-refractivity contribution in [3.05, 3.63) is 35.4 Å². The van der Waals surface area contributed by atoms with Gasteiger partial charge in [-0.1, -0.05) is 24.3 Å². The van der Waals surface area contributed by atoms with E-state index in [0.717, 1.165) is 11.1 Å². The zero-order chi connectivity index (χ0) is 13.6. The van der Waals surface area contributed by atoms with Crippen LogP contribution in [0.15, 0.2) is 24.3 Å². The van der Waals surface area contributed by atoms with Crippen molar-refractivity contribution < 1.29 is 13.5 Å². The van der Waals surface area contributed by atoms with E-state index >= 15 is 0 Å². The molecule has 0 heterocycles. The number of nitrogens with zero attached hydrogens (tertiary/aromatic N) is 1. The van der Waals surface area contributed by atoms with Gasteiger partial charge in [0.2, 0.25) is 10.0 Å². The molecule has 0 saturated heterocycles. The fourth-order valence-electron chi connectivity index (χ4n) is 1.68. The molecule has 0 aliphatic rings. The molecule has 0 saturated carbocycles. The number of hydrogen-bond donors (Lipinski definition) is 1. The first-order valence-corrected chi connectivity index (χ1v) is 7.67. The van der Waals surface area contributed by atoms with E-state index in [4.69, 9.17) is 5.11 Å². The van der Waals surface area contributed by atoms with Gasteiger partial charge in [-0.2, -0.15) is 0 Å². The lowest BCUT2D eigenvalue weighted by Crippen LogP contribution is -2.29. The van der Waals surface area contributed by atoms with Crippen LogP contribution in [0.1, 0.15) is 24.0 Å². The van der Waals surface area contributed by atoms with Crippen LogP contribution in [-0.2, 0) is 16.6 Å². The molecule has 0 unspecified atom stereocenters. The maximum atomic E-state index is 12.0. The molecule has 0 radical (unpaired) electrons. The van der Waals surface area contributed by atoms with Gasteiger partial charge < -0.3 is 5.11 Å². The van der Waals surface area contributed by atoms with Crippen LogP contribution < -0.4 is 0 Å². The minimum absolute atomic E-state index is 0.0387. The van der Waals surface area contributed by atoms with Crippen LogP contribution >= 0.6 is 0 Å². The molecule has 0 atom stereocenters. The maximum absolute atomic E-state index is 12.0. The number of hydrogen-bond acceptors (Lipinski definition) is 3. The van der Waals surface area contributed by atoms with E-state index in [9.17, 15) is 8.42 Å². The molecule has 4 nitrogen and oxygen atoms in total. The van der Waals surface area contributed by atoms with Crippen LogP contribution in [0.25, 0.3) is 0 Å². The van der Waals surface area contributed by atoms with Crippen LogP contribution in [0, 0.1) is 6.92 Å². The quantitative estimate of drug-likeness (QED) is 0.765. The Morgan fingerprint density at radius 3 is 2.50 bits per heavy atom. The fourth-order valence-corrected chi connectivity index (χ4v) is 2.89. The summed E-state index contributed by atoms with van der Waals surface area (Å²) in [5.41, 5.74) is 2.11. The first kappa shape index (κ1) is 15.1. The average Bonchev–Trinajstić information content (AvgIpc) is 2.32. The standard InChI is InChI=1S/C13H21NO3S/c1-12-7-3-4-8-13(12)11-14(2)18(16,17)10-6-5-9-15/h3-4,7-8,15H,5-6,9-11H2,1-2H3. The average molecular weight is 271 g/mol. The van der Waals surface area contributed by atoms with Crippen molar-refractivity contribution in [2.75, 3.05) is 19.4 Å². The highest BCUT2D eigenvalue weighted by Gasteiger charge is 2.17. The summed E-state index contributed by atoms with van der Waals surface area (Å²) in [4.78, 5) is 0. The molecule has 102 valence electrons. The summed E-state index contributed by atoms with van der Waals surface area (Å²) in [7, 11) is -1.63. The highest BCUT2D eigenvalue weighted by molar-refractivity contribution is 7.89. The van der Waals surface area contributed by atoms with Gasteiger partial charge in [0.25, 0.3) is 0 Å². The molecule has 18 heavy (non-hydrogen) atoms. The normalized spacial score (nSPS) is 12.0. The number of aliphatic hydroxyl groups is 1. The van der Waals surface area contributed by atoms with E-state index < -0.39 is 10.0 Å². The van der Waals surface area contributed by atoms with Gasteiger partial charge in [0.05, 0.1) is 5.75 Å². The van der Waals surface area contributed by atoms with Crippen molar-refractivity contribution in [2.45, 2.75) is 26.3 Å². The second-order valence-electron chi connectivity index (χ2n) is 4.43. The van der Waals surface area contributed by atoms with Crippen molar-refractivity contribution >= 4 is 10.0 Å². The van der Waals surface area contributed by atoms with E-state index in [0.29, 0.717) is 19.4 Å². The van der Waals surface area contributed by atoms with Crippen LogP contribution in [-0.4, -0.2) is 37.2 Å². The first-order chi connectivity index (χ1) is 8.47. The number of unbranched alkanes of at least 4 members (excludes halogenated alkanes) is 1. The molecule has 0 amide bonds. The van der Waals surface area contributed by atoms with E-state index in [1.54, 1.807) is 7.05 Å². The summed E-state index contributed by atoms with van der Waals surface area (Å²) < 4.78 is 25.3. The fraction of sp³-hybridized carbons (Fsp3) is 0.538. The third kappa shape index (κ3) is 4.40. The molecule has 0 aliphatic heterocycles. The molecule has 1 N–H and O–H groups in total. The predicted molar refractivity (Wildman–Crippen MR) is 72.8 cm³/mol. The highest BCUT2D eigenvalue weighted by Crippen LogP contribution is 2.12. The maximum Gasteiger partial charge on any atom is 0.214 e. The SMILES string of the molecule is Cc1ccccc1CN(C)S(=O)(=O)CCCCO. The number of benzene rings is 1. The van der Waals surface area contributed by atoms with Gasteiger partial charge in [0.1, 0.15) is 0 Å². The van der Waals surface area contributed by atoms with Crippen molar-refractivity contribution in [3.8, 4) is 0 Å². The summed E-state index contributed by atoms with van der Waals surface area (Å²) >= 11 is 0. The van der Waals surface area contributed by atoms with Crippen LogP contribution in [0.3, 0.4) is 0 Å². The minimum Gasteiger partial charge on any atom is -0.396 e. The van der Waals surface area contributed by atoms with Crippen molar-refractivity contribution in [1.82, 2.24) is 4.31 Å². The monoisotopic (exact) mass is 271 g/mol. The smallest absolute Gasteiger partial charge is 0.214 e. The van der Waals surface area contributed by atoms with Gasteiger partial charge in [0.15, 0.2) is 0 Å².